The van der Waals surface area contributed by atoms with Gasteiger partial charge in [-0.3, -0.25) is 0 Å². The summed E-state index contributed by atoms with van der Waals surface area (Å²) < 4.78 is 0. The van der Waals surface area contributed by atoms with Crippen molar-refractivity contribution in [1.82, 2.24) is 0 Å². The van der Waals surface area contributed by atoms with Gasteiger partial charge in [0.1, 0.15) is 0 Å². The van der Waals surface area contributed by atoms with Crippen LogP contribution in [0.1, 0.15) is 22.3 Å². The average Bonchev–Trinajstić information content (AvgIpc) is 2.44. The fraction of sp³-hybridized carbons (Fsp3) is 0.333. The Labute approximate surface area is 140 Å². The molecule has 4 N–H and O–H groups in total. The van der Waals surface area contributed by atoms with Crippen molar-refractivity contribution in [1.29, 1.82) is 0 Å². The maximum atomic E-state index is 5.68. The number of hydrogen-bond donors (Lipinski definition) is 2. The zero-order chi connectivity index (χ0) is 16.4. The molecule has 0 bridgehead atoms. The van der Waals surface area contributed by atoms with Crippen LogP contribution in [0.5, 0.6) is 0 Å². The van der Waals surface area contributed by atoms with Crippen molar-refractivity contribution in [2.45, 2.75) is 37.6 Å². The molecule has 116 valence electrons. The van der Waals surface area contributed by atoms with E-state index in [1.807, 2.05) is 64.1 Å². The fourth-order valence-electron chi connectivity index (χ4n) is 1.65. The van der Waals surface area contributed by atoms with Gasteiger partial charge in [0, 0.05) is 11.4 Å². The second-order valence-corrected chi connectivity index (χ2v) is 7.35. The van der Waals surface area contributed by atoms with Gasteiger partial charge in [-0.05, 0) is 49.9 Å². The van der Waals surface area contributed by atoms with Gasteiger partial charge in [-0.25, -0.2) is 0 Å². The molecule has 3 heteroatoms. The van der Waals surface area contributed by atoms with Crippen molar-refractivity contribution in [2.24, 2.45) is 0 Å². The Balaban J connectivity index is 0.000000322. The molecule has 0 aliphatic carbocycles. The number of para-hydroxylation sites is 2. The van der Waals surface area contributed by atoms with E-state index in [0.717, 1.165) is 33.6 Å². The Morgan fingerprint density at radius 3 is 0.952 bits per heavy atom. The Morgan fingerprint density at radius 2 is 0.810 bits per heavy atom. The van der Waals surface area contributed by atoms with Crippen LogP contribution in [-0.4, -0.2) is 20.9 Å². The standard InChI is InChI=1S/2C8H11N.C2H6Te/c2*1-6-4-3-5-7(2)8(6)9;1-3-2/h2*3-5H,9H2,1-2H3;1-2H3. The van der Waals surface area contributed by atoms with Gasteiger partial charge in [-0.1, -0.05) is 36.4 Å². The van der Waals surface area contributed by atoms with E-state index in [0.29, 0.717) is 20.9 Å². The minimum Gasteiger partial charge on any atom is -0.398 e. The minimum atomic E-state index is 0.470. The Kier molecular flexibility index (Phi) is 9.95. The maximum absolute atomic E-state index is 5.68. The van der Waals surface area contributed by atoms with Crippen molar-refractivity contribution in [2.75, 3.05) is 11.5 Å². The second kappa shape index (κ2) is 10.5. The van der Waals surface area contributed by atoms with Crippen molar-refractivity contribution in [3.8, 4) is 0 Å². The van der Waals surface area contributed by atoms with Crippen LogP contribution in [0, 0.1) is 27.7 Å². The van der Waals surface area contributed by atoms with E-state index in [1.165, 1.54) is 0 Å². The molecule has 2 rings (SSSR count). The number of aryl methyl sites for hydroxylation is 4. The number of nitrogen functional groups attached to an aromatic ring is 2. The molecule has 0 aliphatic heterocycles. The number of hydrogen-bond acceptors (Lipinski definition) is 2. The van der Waals surface area contributed by atoms with Gasteiger partial charge in [0.25, 0.3) is 0 Å². The van der Waals surface area contributed by atoms with Crippen molar-refractivity contribution >= 4 is 32.3 Å². The van der Waals surface area contributed by atoms with Crippen molar-refractivity contribution in [3.63, 3.8) is 0 Å². The van der Waals surface area contributed by atoms with Crippen molar-refractivity contribution in [3.05, 3.63) is 58.7 Å². The minimum absolute atomic E-state index is 0.470. The molecule has 0 unspecified atom stereocenters. The molecule has 0 heterocycles. The summed E-state index contributed by atoms with van der Waals surface area (Å²) in [4.78, 5) is 4.51. The fourth-order valence-corrected chi connectivity index (χ4v) is 1.65. The molecule has 2 aromatic carbocycles. The van der Waals surface area contributed by atoms with Crippen LogP contribution >= 0.6 is 0 Å². The van der Waals surface area contributed by atoms with Gasteiger partial charge >= 0.3 is 30.9 Å². The Bertz CT molecular complexity index is 461. The summed E-state index contributed by atoms with van der Waals surface area (Å²) in [7, 11) is 0. The summed E-state index contributed by atoms with van der Waals surface area (Å²) >= 11 is 0.470. The van der Waals surface area contributed by atoms with Crippen LogP contribution in [0.2, 0.25) is 9.94 Å². The van der Waals surface area contributed by atoms with Gasteiger partial charge < -0.3 is 11.5 Å². The second-order valence-electron chi connectivity index (χ2n) is 5.02. The summed E-state index contributed by atoms with van der Waals surface area (Å²) in [5.41, 5.74) is 17.8. The van der Waals surface area contributed by atoms with Crippen LogP contribution in [0.3, 0.4) is 0 Å². The van der Waals surface area contributed by atoms with Gasteiger partial charge in [0.05, 0.1) is 0 Å². The molecule has 0 amide bonds. The molecule has 0 aliphatic rings. The first-order valence-corrected chi connectivity index (χ1v) is 11.5. The molecule has 2 nitrogen and oxygen atoms in total. The van der Waals surface area contributed by atoms with E-state index in [1.54, 1.807) is 0 Å². The van der Waals surface area contributed by atoms with E-state index >= 15 is 0 Å². The molecule has 0 saturated carbocycles. The number of benzene rings is 2. The third kappa shape index (κ3) is 7.41. The number of anilines is 2. The van der Waals surface area contributed by atoms with E-state index < -0.39 is 0 Å². The number of rotatable bonds is 0. The van der Waals surface area contributed by atoms with Gasteiger partial charge in [0.15, 0.2) is 0 Å². The van der Waals surface area contributed by atoms with Crippen LogP contribution in [0.15, 0.2) is 36.4 Å². The maximum Gasteiger partial charge on any atom is 0.0373 e. The number of nitrogens with two attached hydrogens (primary N) is 2. The molecule has 0 saturated heterocycles. The topological polar surface area (TPSA) is 52.0 Å². The van der Waals surface area contributed by atoms with Gasteiger partial charge in [0.2, 0.25) is 0 Å². The van der Waals surface area contributed by atoms with Crippen molar-refractivity contribution < 1.29 is 0 Å². The zero-order valence-corrected chi connectivity index (χ0v) is 16.4. The molecule has 0 atom stereocenters. The van der Waals surface area contributed by atoms with E-state index in [4.69, 9.17) is 11.5 Å². The largest absolute Gasteiger partial charge is 0.398 e. The van der Waals surface area contributed by atoms with Crippen LogP contribution in [-0.2, 0) is 0 Å². The Morgan fingerprint density at radius 1 is 0.619 bits per heavy atom. The molecular weight excluding hydrogens is 372 g/mol. The average molecular weight is 400 g/mol. The molecule has 21 heavy (non-hydrogen) atoms. The van der Waals surface area contributed by atoms with Crippen LogP contribution in [0.25, 0.3) is 0 Å². The van der Waals surface area contributed by atoms with Crippen LogP contribution < -0.4 is 11.5 Å². The molecule has 2 aromatic rings. The predicted octanol–water partition coefficient (Wildman–Crippen LogP) is 4.56. The molecule has 0 spiro atoms. The third-order valence-electron chi connectivity index (χ3n) is 3.08. The monoisotopic (exact) mass is 402 g/mol. The van der Waals surface area contributed by atoms with E-state index in [9.17, 15) is 0 Å². The third-order valence-corrected chi connectivity index (χ3v) is 3.08. The zero-order valence-electron chi connectivity index (χ0n) is 14.0. The first-order valence-electron chi connectivity index (χ1n) is 6.88. The van der Waals surface area contributed by atoms with Gasteiger partial charge in [-0.15, -0.1) is 0 Å². The quantitative estimate of drug-likeness (QED) is 0.504. The van der Waals surface area contributed by atoms with Gasteiger partial charge in [-0.2, -0.15) is 0 Å². The molecule has 0 radical (unpaired) electrons. The normalized spacial score (nSPS) is 9.05. The van der Waals surface area contributed by atoms with E-state index in [2.05, 4.69) is 9.94 Å². The summed E-state index contributed by atoms with van der Waals surface area (Å²) in [6, 6.07) is 12.1. The summed E-state index contributed by atoms with van der Waals surface area (Å²) in [5.74, 6) is 0. The molecule has 0 fully saturated rings. The summed E-state index contributed by atoms with van der Waals surface area (Å²) in [6.45, 7) is 8.06. The van der Waals surface area contributed by atoms with E-state index in [-0.39, 0.29) is 0 Å². The SMILES string of the molecule is C[Te]C.Cc1cccc(C)c1N.Cc1cccc(C)c1N. The summed E-state index contributed by atoms with van der Waals surface area (Å²) in [6.07, 6.45) is 0. The first kappa shape index (κ1) is 19.8. The smallest absolute Gasteiger partial charge is 0.0373 e. The molecule has 0 aromatic heterocycles. The first-order chi connectivity index (χ1) is 9.84. The van der Waals surface area contributed by atoms with Crippen LogP contribution in [0.4, 0.5) is 11.4 Å². The predicted molar refractivity (Wildman–Crippen MR) is 98.1 cm³/mol. The molecular formula is C18H28N2Te. The summed E-state index contributed by atoms with van der Waals surface area (Å²) in [5, 5.41) is 0. The Hall–Kier alpha value is -1.17.